The molecule has 0 aromatic carbocycles. The molecule has 3 nitrogen and oxygen atoms in total. The van der Waals surface area contributed by atoms with Gasteiger partial charge < -0.3 is 9.90 Å². The van der Waals surface area contributed by atoms with Gasteiger partial charge in [-0.25, -0.2) is 0 Å². The summed E-state index contributed by atoms with van der Waals surface area (Å²) < 4.78 is 0. The van der Waals surface area contributed by atoms with Gasteiger partial charge in [0.15, 0.2) is 0 Å². The predicted molar refractivity (Wildman–Crippen MR) is 55.0 cm³/mol. The highest BCUT2D eigenvalue weighted by Crippen LogP contribution is 2.33. The van der Waals surface area contributed by atoms with Crippen molar-refractivity contribution in [2.75, 3.05) is 0 Å². The Morgan fingerprint density at radius 1 is 1.71 bits per heavy atom. The Bertz CT molecular complexity index is 335. The summed E-state index contributed by atoms with van der Waals surface area (Å²) in [5.41, 5.74) is 0. The van der Waals surface area contributed by atoms with E-state index in [0.29, 0.717) is 5.02 Å². The number of carbonyl (C=O) groups is 2. The lowest BCUT2D eigenvalue weighted by atomic mass is 10.0. The summed E-state index contributed by atoms with van der Waals surface area (Å²) in [6, 6.07) is 1.71. The first-order chi connectivity index (χ1) is 6.65. The minimum absolute atomic E-state index is 0.0566. The molecular formula is C9H9ClO3S. The minimum atomic E-state index is -0.915. The maximum atomic E-state index is 10.5. The Hall–Kier alpha value is -0.870. The molecular weight excluding hydrogens is 224 g/mol. The highest BCUT2D eigenvalue weighted by Gasteiger charge is 2.18. The molecule has 5 heteroatoms. The number of hydrogen-bond donors (Lipinski definition) is 1. The number of carbonyl (C=O) groups excluding carboxylic acids is 1. The second-order valence-corrected chi connectivity index (χ2v) is 4.18. The van der Waals surface area contributed by atoms with Crippen LogP contribution in [-0.2, 0) is 9.59 Å². The smallest absolute Gasteiger partial charge is 0.304 e. The van der Waals surface area contributed by atoms with Crippen LogP contribution in [0.3, 0.4) is 0 Å². The number of halogens is 1. The van der Waals surface area contributed by atoms with Crippen LogP contribution in [0.1, 0.15) is 23.6 Å². The van der Waals surface area contributed by atoms with Crippen LogP contribution < -0.4 is 0 Å². The molecule has 14 heavy (non-hydrogen) atoms. The summed E-state index contributed by atoms with van der Waals surface area (Å²) in [6.45, 7) is 0. The largest absolute Gasteiger partial charge is 0.481 e. The van der Waals surface area contributed by atoms with Crippen molar-refractivity contribution in [2.24, 2.45) is 0 Å². The van der Waals surface area contributed by atoms with Crippen LogP contribution in [0, 0.1) is 0 Å². The van der Waals surface area contributed by atoms with E-state index in [-0.39, 0.29) is 18.8 Å². The molecule has 0 aliphatic rings. The van der Waals surface area contributed by atoms with Crippen molar-refractivity contribution in [1.82, 2.24) is 0 Å². The number of aliphatic carboxylic acids is 1. The topological polar surface area (TPSA) is 54.4 Å². The van der Waals surface area contributed by atoms with Gasteiger partial charge in [-0.2, -0.15) is 0 Å². The zero-order chi connectivity index (χ0) is 10.6. The quantitative estimate of drug-likeness (QED) is 0.794. The fourth-order valence-electron chi connectivity index (χ4n) is 1.21. The zero-order valence-corrected chi connectivity index (χ0v) is 8.85. The van der Waals surface area contributed by atoms with E-state index >= 15 is 0 Å². The molecule has 1 rings (SSSR count). The Labute approximate surface area is 90.3 Å². The van der Waals surface area contributed by atoms with Crippen molar-refractivity contribution >= 4 is 35.2 Å². The lowest BCUT2D eigenvalue weighted by molar-refractivity contribution is -0.137. The molecule has 1 aromatic heterocycles. The molecule has 0 bridgehead atoms. The SMILES string of the molecule is O=CCC(CC(=O)O)c1sccc1Cl. The molecule has 0 spiro atoms. The maximum absolute atomic E-state index is 10.5. The molecule has 0 radical (unpaired) electrons. The van der Waals surface area contributed by atoms with E-state index in [1.165, 1.54) is 11.3 Å². The van der Waals surface area contributed by atoms with Crippen LogP contribution in [0.15, 0.2) is 11.4 Å². The van der Waals surface area contributed by atoms with E-state index in [4.69, 9.17) is 16.7 Å². The van der Waals surface area contributed by atoms with E-state index in [2.05, 4.69) is 0 Å². The van der Waals surface area contributed by atoms with Crippen molar-refractivity contribution in [1.29, 1.82) is 0 Å². The van der Waals surface area contributed by atoms with Crippen molar-refractivity contribution in [3.05, 3.63) is 21.3 Å². The number of carboxylic acids is 1. The molecule has 76 valence electrons. The molecule has 0 amide bonds. The summed E-state index contributed by atoms with van der Waals surface area (Å²) in [7, 11) is 0. The molecule has 0 saturated carbocycles. The normalized spacial score (nSPS) is 12.4. The first kappa shape index (κ1) is 11.2. The monoisotopic (exact) mass is 232 g/mol. The molecule has 0 fully saturated rings. The summed E-state index contributed by atoms with van der Waals surface area (Å²) in [5, 5.41) is 11.0. The second kappa shape index (κ2) is 5.12. The number of rotatable bonds is 5. The van der Waals surface area contributed by atoms with Gasteiger partial charge in [0.25, 0.3) is 0 Å². The summed E-state index contributed by atoms with van der Waals surface area (Å²) in [4.78, 5) is 21.7. The number of carboxylic acid groups (broad SMARTS) is 1. The van der Waals surface area contributed by atoms with Gasteiger partial charge in [-0.3, -0.25) is 4.79 Å². The minimum Gasteiger partial charge on any atom is -0.481 e. The maximum Gasteiger partial charge on any atom is 0.304 e. The van der Waals surface area contributed by atoms with Crippen LogP contribution in [0.4, 0.5) is 0 Å². The summed E-state index contributed by atoms with van der Waals surface area (Å²) >= 11 is 7.24. The van der Waals surface area contributed by atoms with Gasteiger partial charge in [-0.05, 0) is 11.4 Å². The fraction of sp³-hybridized carbons (Fsp3) is 0.333. The van der Waals surface area contributed by atoms with E-state index < -0.39 is 5.97 Å². The van der Waals surface area contributed by atoms with Crippen LogP contribution in [0.5, 0.6) is 0 Å². The highest BCUT2D eigenvalue weighted by atomic mass is 35.5. The Balaban J connectivity index is 2.82. The molecule has 1 atom stereocenters. The van der Waals surface area contributed by atoms with Gasteiger partial charge in [0.1, 0.15) is 6.29 Å². The van der Waals surface area contributed by atoms with Gasteiger partial charge in [-0.1, -0.05) is 11.6 Å². The second-order valence-electron chi connectivity index (χ2n) is 2.83. The number of thiophene rings is 1. The molecule has 1 N–H and O–H groups in total. The van der Waals surface area contributed by atoms with Gasteiger partial charge in [0.05, 0.1) is 11.4 Å². The fourth-order valence-corrected chi connectivity index (χ4v) is 2.54. The average molecular weight is 233 g/mol. The van der Waals surface area contributed by atoms with Crippen molar-refractivity contribution in [3.8, 4) is 0 Å². The third kappa shape index (κ3) is 2.82. The van der Waals surface area contributed by atoms with Gasteiger partial charge in [-0.15, -0.1) is 11.3 Å². The lowest BCUT2D eigenvalue weighted by Crippen LogP contribution is -2.05. The van der Waals surface area contributed by atoms with Gasteiger partial charge in [0.2, 0.25) is 0 Å². The Kier molecular flexibility index (Phi) is 4.10. The lowest BCUT2D eigenvalue weighted by Gasteiger charge is -2.09. The molecule has 0 aliphatic heterocycles. The van der Waals surface area contributed by atoms with Crippen LogP contribution in [0.2, 0.25) is 5.02 Å². The third-order valence-corrected chi connectivity index (χ3v) is 3.34. The third-order valence-electron chi connectivity index (χ3n) is 1.82. The van der Waals surface area contributed by atoms with E-state index in [0.717, 1.165) is 11.2 Å². The first-order valence-corrected chi connectivity index (χ1v) is 5.29. The van der Waals surface area contributed by atoms with Gasteiger partial charge >= 0.3 is 5.97 Å². The number of aldehydes is 1. The van der Waals surface area contributed by atoms with Crippen molar-refractivity contribution < 1.29 is 14.7 Å². The van der Waals surface area contributed by atoms with Gasteiger partial charge in [0, 0.05) is 17.2 Å². The first-order valence-electron chi connectivity index (χ1n) is 4.03. The Morgan fingerprint density at radius 3 is 2.86 bits per heavy atom. The van der Waals surface area contributed by atoms with Crippen LogP contribution in [0.25, 0.3) is 0 Å². The molecule has 0 saturated heterocycles. The highest BCUT2D eigenvalue weighted by molar-refractivity contribution is 7.10. The molecule has 0 aliphatic carbocycles. The Morgan fingerprint density at radius 2 is 2.43 bits per heavy atom. The van der Waals surface area contributed by atoms with Crippen molar-refractivity contribution in [2.45, 2.75) is 18.8 Å². The molecule has 1 unspecified atom stereocenters. The predicted octanol–water partition coefficient (Wildman–Crippen LogP) is 2.55. The number of hydrogen-bond acceptors (Lipinski definition) is 3. The van der Waals surface area contributed by atoms with Crippen LogP contribution in [-0.4, -0.2) is 17.4 Å². The average Bonchev–Trinajstić information content (AvgIpc) is 2.50. The van der Waals surface area contributed by atoms with E-state index in [1.54, 1.807) is 11.4 Å². The summed E-state index contributed by atoms with van der Waals surface area (Å²) in [5.74, 6) is -1.21. The zero-order valence-electron chi connectivity index (χ0n) is 7.27. The van der Waals surface area contributed by atoms with Crippen molar-refractivity contribution in [3.63, 3.8) is 0 Å². The van der Waals surface area contributed by atoms with E-state index in [1.807, 2.05) is 0 Å². The standard InChI is InChI=1S/C9H9ClO3S/c10-7-2-4-14-9(7)6(1-3-11)5-8(12)13/h2-4,6H,1,5H2,(H,12,13). The molecule has 1 aromatic rings. The molecule has 1 heterocycles. The van der Waals surface area contributed by atoms with E-state index in [9.17, 15) is 9.59 Å². The summed E-state index contributed by atoms with van der Waals surface area (Å²) in [6.07, 6.45) is 0.870. The van der Waals surface area contributed by atoms with Crippen LogP contribution >= 0.6 is 22.9 Å².